The van der Waals surface area contributed by atoms with E-state index in [0.29, 0.717) is 48.4 Å². The van der Waals surface area contributed by atoms with E-state index < -0.39 is 0 Å². The molecule has 11 heteroatoms. The number of rotatable bonds is 2. The van der Waals surface area contributed by atoms with E-state index in [9.17, 15) is 4.39 Å². The van der Waals surface area contributed by atoms with Gasteiger partial charge in [0.2, 0.25) is 5.88 Å². The number of aryl methyl sites for hydroxylation is 1. The highest BCUT2D eigenvalue weighted by Gasteiger charge is 2.31. The van der Waals surface area contributed by atoms with Gasteiger partial charge >= 0.3 is 0 Å². The summed E-state index contributed by atoms with van der Waals surface area (Å²) in [5.41, 5.74) is 4.66. The van der Waals surface area contributed by atoms with Crippen molar-refractivity contribution in [3.8, 4) is 28.5 Å². The van der Waals surface area contributed by atoms with E-state index in [1.165, 1.54) is 6.07 Å². The van der Waals surface area contributed by atoms with E-state index in [4.69, 9.17) is 24.1 Å². The number of methoxy groups -OCH3 is 1. The van der Waals surface area contributed by atoms with Gasteiger partial charge in [-0.25, -0.2) is 9.37 Å². The largest absolute Gasteiger partial charge is 0.493 e. The van der Waals surface area contributed by atoms with E-state index in [1.807, 2.05) is 29.5 Å². The van der Waals surface area contributed by atoms with Crippen molar-refractivity contribution in [2.45, 2.75) is 19.4 Å². The van der Waals surface area contributed by atoms with Gasteiger partial charge in [-0.3, -0.25) is 9.20 Å². The highest BCUT2D eigenvalue weighted by Crippen LogP contribution is 2.42. The Morgan fingerprint density at radius 2 is 1.97 bits per heavy atom. The summed E-state index contributed by atoms with van der Waals surface area (Å²) >= 11 is 0. The number of halogens is 1. The van der Waals surface area contributed by atoms with Crippen molar-refractivity contribution < 1.29 is 28.5 Å². The summed E-state index contributed by atoms with van der Waals surface area (Å²) in [5, 5.41) is 18.7. The molecule has 0 fully saturated rings. The van der Waals surface area contributed by atoms with Gasteiger partial charge < -0.3 is 24.6 Å². The molecule has 0 saturated carbocycles. The maximum absolute atomic E-state index is 14.7. The van der Waals surface area contributed by atoms with Gasteiger partial charge in [0.1, 0.15) is 17.9 Å². The molecule has 0 amide bonds. The number of nitrogens with one attached hydrogen (secondary N) is 1. The number of anilines is 1. The topological polar surface area (TPSA) is 120 Å². The lowest BCUT2D eigenvalue weighted by molar-refractivity contribution is -0.122. The average molecular weight is 479 g/mol. The van der Waals surface area contributed by atoms with Crippen LogP contribution in [0.1, 0.15) is 22.7 Å². The van der Waals surface area contributed by atoms with E-state index in [0.717, 1.165) is 28.1 Å². The number of hydrogen-bond acceptors (Lipinski definition) is 8. The number of pyridine rings is 2. The molecule has 10 nitrogen and oxygen atoms in total. The molecule has 5 heterocycles. The Morgan fingerprint density at radius 1 is 1.20 bits per heavy atom. The van der Waals surface area contributed by atoms with Gasteiger partial charge in [0.05, 0.1) is 26.2 Å². The molecule has 1 aromatic carbocycles. The van der Waals surface area contributed by atoms with Crippen molar-refractivity contribution in [2.75, 3.05) is 25.6 Å². The first-order chi connectivity index (χ1) is 17.0. The lowest BCUT2D eigenvalue weighted by Crippen LogP contribution is -2.13. The van der Waals surface area contributed by atoms with Crippen molar-refractivity contribution in [1.29, 1.82) is 0 Å². The van der Waals surface area contributed by atoms with Crippen LogP contribution in [0.25, 0.3) is 16.8 Å². The maximum Gasteiger partial charge on any atom is 0.290 e. The second kappa shape index (κ2) is 9.09. The van der Waals surface area contributed by atoms with Gasteiger partial charge in [-0.15, -0.1) is 10.2 Å². The third-order valence-corrected chi connectivity index (χ3v) is 6.08. The molecule has 0 radical (unpaired) electrons. The minimum Gasteiger partial charge on any atom is -0.493 e. The van der Waals surface area contributed by atoms with Gasteiger partial charge in [0.25, 0.3) is 6.47 Å². The zero-order valence-electron chi connectivity index (χ0n) is 19.0. The highest BCUT2D eigenvalue weighted by atomic mass is 19.1. The van der Waals surface area contributed by atoms with E-state index >= 15 is 0 Å². The summed E-state index contributed by atoms with van der Waals surface area (Å²) < 4.78 is 33.9. The lowest BCUT2D eigenvalue weighted by Gasteiger charge is -2.17. The lowest BCUT2D eigenvalue weighted by atomic mass is 9.96. The van der Waals surface area contributed by atoms with E-state index in [2.05, 4.69) is 20.5 Å². The fourth-order valence-corrected chi connectivity index (χ4v) is 4.52. The molecule has 0 bridgehead atoms. The van der Waals surface area contributed by atoms with Crippen molar-refractivity contribution in [2.24, 2.45) is 0 Å². The molecule has 180 valence electrons. The molecular formula is C24H22FN5O5. The molecule has 2 N–H and O–H groups in total. The van der Waals surface area contributed by atoms with Gasteiger partial charge in [-0.1, -0.05) is 0 Å². The molecule has 2 aliphatic heterocycles. The van der Waals surface area contributed by atoms with Gasteiger partial charge in [-0.2, -0.15) is 0 Å². The number of aromatic nitrogens is 4. The molecule has 3 aromatic heterocycles. The number of carbonyl (C=O) groups is 1. The Hall–Kier alpha value is -4.41. The molecule has 35 heavy (non-hydrogen) atoms. The molecule has 6 rings (SSSR count). The Bertz CT molecular complexity index is 1420. The predicted octanol–water partition coefficient (Wildman–Crippen LogP) is 3.43. The third kappa shape index (κ3) is 3.84. The zero-order valence-corrected chi connectivity index (χ0v) is 19.0. The molecule has 0 saturated heterocycles. The molecule has 4 aromatic rings. The first-order valence-corrected chi connectivity index (χ1v) is 10.8. The molecule has 0 unspecified atom stereocenters. The molecule has 2 aliphatic rings. The van der Waals surface area contributed by atoms with Crippen LogP contribution >= 0.6 is 0 Å². The van der Waals surface area contributed by atoms with Gasteiger partial charge in [0.15, 0.2) is 17.2 Å². The van der Waals surface area contributed by atoms with Crippen LogP contribution in [0, 0.1) is 12.7 Å². The summed E-state index contributed by atoms with van der Waals surface area (Å²) in [7, 11) is 1.59. The van der Waals surface area contributed by atoms with Crippen LogP contribution in [0.3, 0.4) is 0 Å². The van der Waals surface area contributed by atoms with Crippen molar-refractivity contribution in [3.05, 3.63) is 59.3 Å². The van der Waals surface area contributed by atoms with Crippen LogP contribution in [0.2, 0.25) is 0 Å². The first kappa shape index (κ1) is 22.4. The van der Waals surface area contributed by atoms with E-state index in [1.54, 1.807) is 19.5 Å². The third-order valence-electron chi connectivity index (χ3n) is 6.08. The quantitative estimate of drug-likeness (QED) is 0.417. The van der Waals surface area contributed by atoms with Gasteiger partial charge in [0, 0.05) is 40.6 Å². The Balaban J connectivity index is 0.000000806. The summed E-state index contributed by atoms with van der Waals surface area (Å²) in [4.78, 5) is 12.9. The second-order valence-corrected chi connectivity index (χ2v) is 8.00. The van der Waals surface area contributed by atoms with Crippen LogP contribution in [-0.2, 0) is 11.3 Å². The van der Waals surface area contributed by atoms with Crippen LogP contribution in [0.5, 0.6) is 17.4 Å². The fourth-order valence-electron chi connectivity index (χ4n) is 4.52. The maximum atomic E-state index is 14.7. The smallest absolute Gasteiger partial charge is 0.290 e. The SMILES string of the molecule is COc1ccc(-c2cc3c(n4cnnc24)NCc2c(F)ccc4c2[C@H](CO4)CO3)c(C)n1.O=CO. The van der Waals surface area contributed by atoms with Crippen molar-refractivity contribution in [1.82, 2.24) is 19.6 Å². The van der Waals surface area contributed by atoms with Crippen LogP contribution in [-0.4, -0.2) is 51.5 Å². The van der Waals surface area contributed by atoms with Crippen molar-refractivity contribution in [3.63, 3.8) is 0 Å². The number of hydrogen-bond donors (Lipinski definition) is 2. The Kier molecular flexibility index (Phi) is 5.81. The zero-order chi connectivity index (χ0) is 24.5. The van der Waals surface area contributed by atoms with Crippen LogP contribution in [0.15, 0.2) is 36.7 Å². The van der Waals surface area contributed by atoms with Crippen LogP contribution < -0.4 is 19.5 Å². The predicted molar refractivity (Wildman–Crippen MR) is 124 cm³/mol. The first-order valence-electron chi connectivity index (χ1n) is 10.8. The summed E-state index contributed by atoms with van der Waals surface area (Å²) in [6, 6.07) is 8.84. The molecule has 1 atom stereocenters. The number of carboxylic acid groups (broad SMARTS) is 1. The Labute approximate surface area is 199 Å². The standard InChI is InChI=1S/C23H20FN5O3.CH2O2/c1-12-14(3-6-20(27-12)30-2)15-7-19-23(29-11-26-28-22(15)29)25-8-16-17(24)4-5-18-21(16)13(9-31-18)10-32-19;2-1-3/h3-7,11,13,25H,8-10H2,1-2H3;1H,(H,2,3)/t13-;/m1./s1. The highest BCUT2D eigenvalue weighted by molar-refractivity contribution is 5.83. The number of ether oxygens (including phenoxy) is 3. The van der Waals surface area contributed by atoms with Crippen LogP contribution in [0.4, 0.5) is 10.2 Å². The number of nitrogens with zero attached hydrogens (tertiary/aromatic N) is 4. The van der Waals surface area contributed by atoms with E-state index in [-0.39, 0.29) is 18.2 Å². The summed E-state index contributed by atoms with van der Waals surface area (Å²) in [5.74, 6) is 2.26. The molecule has 0 spiro atoms. The minimum absolute atomic E-state index is 0.0482. The Morgan fingerprint density at radius 3 is 2.71 bits per heavy atom. The number of benzene rings is 1. The molecular weight excluding hydrogens is 457 g/mol. The normalized spacial score (nSPS) is 15.6. The molecule has 0 aliphatic carbocycles. The monoisotopic (exact) mass is 479 g/mol. The summed E-state index contributed by atoms with van der Waals surface area (Å²) in [6.07, 6.45) is 1.62. The number of fused-ring (bicyclic) bond motifs is 3. The second-order valence-electron chi connectivity index (χ2n) is 8.00. The van der Waals surface area contributed by atoms with Crippen molar-refractivity contribution >= 4 is 17.9 Å². The fraction of sp³-hybridized carbons (Fsp3) is 0.250. The summed E-state index contributed by atoms with van der Waals surface area (Å²) in [6.45, 7) is 2.79. The average Bonchev–Trinajstić information content (AvgIpc) is 3.51. The minimum atomic E-state index is -0.258. The van der Waals surface area contributed by atoms with Gasteiger partial charge in [-0.05, 0) is 31.2 Å².